The topological polar surface area (TPSA) is 32.7 Å². The molecule has 0 aliphatic carbocycles. The van der Waals surface area contributed by atoms with Gasteiger partial charge in [-0.05, 0) is 25.8 Å². The van der Waals surface area contributed by atoms with Crippen molar-refractivity contribution in [3.63, 3.8) is 0 Å². The van der Waals surface area contributed by atoms with Gasteiger partial charge in [-0.25, -0.2) is 0 Å². The first kappa shape index (κ1) is 13.4. The van der Waals surface area contributed by atoms with E-state index in [9.17, 15) is 5.11 Å². The van der Waals surface area contributed by atoms with Crippen molar-refractivity contribution in [1.29, 1.82) is 0 Å². The van der Waals surface area contributed by atoms with Crippen molar-refractivity contribution in [1.82, 2.24) is 4.90 Å². The lowest BCUT2D eigenvalue weighted by atomic mass is 10.0. The molecule has 3 heteroatoms. The molecule has 1 saturated heterocycles. The van der Waals surface area contributed by atoms with Crippen LogP contribution in [0.15, 0.2) is 24.3 Å². The molecule has 0 amide bonds. The normalized spacial score (nSPS) is 23.6. The summed E-state index contributed by atoms with van der Waals surface area (Å²) in [6, 6.07) is 7.96. The zero-order valence-electron chi connectivity index (χ0n) is 11.3. The zero-order chi connectivity index (χ0) is 13.0. The molecule has 100 valence electrons. The second kappa shape index (κ2) is 6.21. The Balaban J connectivity index is 2.19. The Kier molecular flexibility index (Phi) is 4.61. The van der Waals surface area contributed by atoms with Crippen LogP contribution >= 0.6 is 0 Å². The first-order valence-corrected chi connectivity index (χ1v) is 6.86. The van der Waals surface area contributed by atoms with Gasteiger partial charge in [0.05, 0.1) is 6.10 Å². The number of benzene rings is 1. The maximum atomic E-state index is 10.0. The average molecular weight is 249 g/mol. The van der Waals surface area contributed by atoms with E-state index < -0.39 is 0 Å². The van der Waals surface area contributed by atoms with E-state index in [0.717, 1.165) is 38.1 Å². The van der Waals surface area contributed by atoms with Gasteiger partial charge in [0.25, 0.3) is 0 Å². The number of ether oxygens (including phenoxy) is 1. The molecule has 2 unspecified atom stereocenters. The lowest BCUT2D eigenvalue weighted by Gasteiger charge is -2.31. The van der Waals surface area contributed by atoms with Crippen LogP contribution in [-0.4, -0.2) is 35.8 Å². The van der Waals surface area contributed by atoms with Crippen LogP contribution in [-0.2, 0) is 4.74 Å². The Hall–Kier alpha value is -1.06. The van der Waals surface area contributed by atoms with Gasteiger partial charge in [-0.2, -0.15) is 0 Å². The predicted molar refractivity (Wildman–Crippen MR) is 72.7 cm³/mol. The minimum atomic E-state index is 0.271. The molecule has 2 rings (SSSR count). The van der Waals surface area contributed by atoms with Crippen LogP contribution in [0.5, 0.6) is 5.75 Å². The molecule has 0 aromatic heterocycles. The van der Waals surface area contributed by atoms with Crippen molar-refractivity contribution in [2.24, 2.45) is 0 Å². The van der Waals surface area contributed by atoms with Crippen LogP contribution in [0.3, 0.4) is 0 Å². The van der Waals surface area contributed by atoms with Gasteiger partial charge in [0.15, 0.2) is 0 Å². The number of hydrogen-bond donors (Lipinski definition) is 1. The summed E-state index contributed by atoms with van der Waals surface area (Å²) in [5.74, 6) is 0.405. The molecule has 1 N–H and O–H groups in total. The van der Waals surface area contributed by atoms with Crippen LogP contribution in [0, 0.1) is 0 Å². The van der Waals surface area contributed by atoms with Gasteiger partial charge in [0.2, 0.25) is 0 Å². The van der Waals surface area contributed by atoms with Crippen molar-refractivity contribution in [2.45, 2.75) is 38.8 Å². The van der Waals surface area contributed by atoms with E-state index in [1.165, 1.54) is 0 Å². The van der Waals surface area contributed by atoms with E-state index in [2.05, 4.69) is 18.7 Å². The highest BCUT2D eigenvalue weighted by Crippen LogP contribution is 2.31. The number of para-hydroxylation sites is 1. The first-order valence-electron chi connectivity index (χ1n) is 6.86. The highest BCUT2D eigenvalue weighted by molar-refractivity contribution is 5.34. The third-order valence-corrected chi connectivity index (χ3v) is 3.61. The molecule has 1 fully saturated rings. The smallest absolute Gasteiger partial charge is 0.120 e. The van der Waals surface area contributed by atoms with Crippen LogP contribution in [0.25, 0.3) is 0 Å². The molecule has 1 heterocycles. The van der Waals surface area contributed by atoms with Gasteiger partial charge in [-0.15, -0.1) is 0 Å². The maximum Gasteiger partial charge on any atom is 0.120 e. The molecule has 3 nitrogen and oxygen atoms in total. The fourth-order valence-electron chi connectivity index (χ4n) is 2.75. The van der Waals surface area contributed by atoms with Crippen LogP contribution in [0.1, 0.15) is 38.3 Å². The number of aromatic hydroxyl groups is 1. The van der Waals surface area contributed by atoms with Gasteiger partial charge in [-0.1, -0.05) is 25.1 Å². The van der Waals surface area contributed by atoms with Crippen molar-refractivity contribution in [2.75, 3.05) is 19.7 Å². The van der Waals surface area contributed by atoms with Gasteiger partial charge in [0.1, 0.15) is 5.75 Å². The molecule has 18 heavy (non-hydrogen) atoms. The number of phenols is 1. The molecule has 0 bridgehead atoms. The van der Waals surface area contributed by atoms with Gasteiger partial charge in [-0.3, -0.25) is 4.90 Å². The SMILES string of the molecule is CCC(c1ccccc1O)N1CCCOC(C)C1. The van der Waals surface area contributed by atoms with Crippen LogP contribution < -0.4 is 0 Å². The molecular weight excluding hydrogens is 226 g/mol. The molecule has 1 aromatic carbocycles. The fourth-order valence-corrected chi connectivity index (χ4v) is 2.75. The Morgan fingerprint density at radius 3 is 2.94 bits per heavy atom. The third-order valence-electron chi connectivity index (χ3n) is 3.61. The first-order chi connectivity index (χ1) is 8.72. The van der Waals surface area contributed by atoms with Crippen LogP contribution in [0.2, 0.25) is 0 Å². The van der Waals surface area contributed by atoms with Gasteiger partial charge in [0, 0.05) is 31.3 Å². The second-order valence-electron chi connectivity index (χ2n) is 5.01. The average Bonchev–Trinajstić information content (AvgIpc) is 2.57. The Labute approximate surface area is 109 Å². The summed E-state index contributed by atoms with van der Waals surface area (Å²) in [5.41, 5.74) is 1.04. The van der Waals surface area contributed by atoms with E-state index in [-0.39, 0.29) is 12.1 Å². The van der Waals surface area contributed by atoms with Crippen molar-refractivity contribution in [3.05, 3.63) is 29.8 Å². The minimum Gasteiger partial charge on any atom is -0.508 e. The lowest BCUT2D eigenvalue weighted by Crippen LogP contribution is -2.33. The van der Waals surface area contributed by atoms with E-state index in [1.54, 1.807) is 6.07 Å². The molecule has 0 radical (unpaired) electrons. The summed E-state index contributed by atoms with van der Waals surface area (Å²) < 4.78 is 5.69. The minimum absolute atomic E-state index is 0.271. The highest BCUT2D eigenvalue weighted by Gasteiger charge is 2.24. The quantitative estimate of drug-likeness (QED) is 0.894. The summed E-state index contributed by atoms with van der Waals surface area (Å²) in [7, 11) is 0. The summed E-state index contributed by atoms with van der Waals surface area (Å²) in [6.07, 6.45) is 2.34. The Morgan fingerprint density at radius 1 is 1.44 bits per heavy atom. The Morgan fingerprint density at radius 2 is 2.22 bits per heavy atom. The van der Waals surface area contributed by atoms with Crippen molar-refractivity contribution < 1.29 is 9.84 Å². The highest BCUT2D eigenvalue weighted by atomic mass is 16.5. The van der Waals surface area contributed by atoms with Crippen molar-refractivity contribution >= 4 is 0 Å². The maximum absolute atomic E-state index is 10.0. The number of rotatable bonds is 3. The number of hydrogen-bond acceptors (Lipinski definition) is 3. The van der Waals surface area contributed by atoms with E-state index >= 15 is 0 Å². The summed E-state index contributed by atoms with van der Waals surface area (Å²) in [5, 5.41) is 10.0. The standard InChI is InChI=1S/C15H23NO2/c1-3-14(13-7-4-5-8-15(13)17)16-9-6-10-18-12(2)11-16/h4-5,7-8,12,14,17H,3,6,9-11H2,1-2H3. The summed E-state index contributed by atoms with van der Waals surface area (Å²) >= 11 is 0. The van der Waals surface area contributed by atoms with Crippen molar-refractivity contribution in [3.8, 4) is 5.75 Å². The van der Waals surface area contributed by atoms with E-state index in [0.29, 0.717) is 5.75 Å². The second-order valence-corrected chi connectivity index (χ2v) is 5.01. The molecule has 1 aliphatic heterocycles. The summed E-state index contributed by atoms with van der Waals surface area (Å²) in [4.78, 5) is 2.44. The monoisotopic (exact) mass is 249 g/mol. The molecular formula is C15H23NO2. The molecule has 0 saturated carbocycles. The molecule has 1 aliphatic rings. The fraction of sp³-hybridized carbons (Fsp3) is 0.600. The number of phenolic OH excluding ortho intramolecular Hbond substituents is 1. The largest absolute Gasteiger partial charge is 0.508 e. The molecule has 1 aromatic rings. The Bertz CT molecular complexity index is 381. The lowest BCUT2D eigenvalue weighted by molar-refractivity contribution is 0.0598. The van der Waals surface area contributed by atoms with E-state index in [1.807, 2.05) is 18.2 Å². The van der Waals surface area contributed by atoms with E-state index in [4.69, 9.17) is 4.74 Å². The van der Waals surface area contributed by atoms with Gasteiger partial charge >= 0.3 is 0 Å². The molecule has 0 spiro atoms. The third kappa shape index (κ3) is 3.03. The summed E-state index contributed by atoms with van der Waals surface area (Å²) in [6.45, 7) is 7.11. The number of nitrogens with zero attached hydrogens (tertiary/aromatic N) is 1. The predicted octanol–water partition coefficient (Wildman–Crippen LogP) is 2.95. The van der Waals surface area contributed by atoms with Crippen LogP contribution in [0.4, 0.5) is 0 Å². The van der Waals surface area contributed by atoms with Gasteiger partial charge < -0.3 is 9.84 Å². The molecule has 2 atom stereocenters. The zero-order valence-corrected chi connectivity index (χ0v) is 11.3.